The van der Waals surface area contributed by atoms with Gasteiger partial charge in [0.1, 0.15) is 0 Å². The fourth-order valence-corrected chi connectivity index (χ4v) is 2.60. The first-order chi connectivity index (χ1) is 13.3. The molecule has 4 nitrogen and oxygen atoms in total. The summed E-state index contributed by atoms with van der Waals surface area (Å²) in [7, 11) is 0. The van der Waals surface area contributed by atoms with Crippen LogP contribution in [0.1, 0.15) is 47.1 Å². The molecule has 0 radical (unpaired) electrons. The van der Waals surface area contributed by atoms with Crippen LogP contribution in [0.2, 0.25) is 0 Å². The number of hydrogen-bond acceptors (Lipinski definition) is 4. The third kappa shape index (κ3) is 4.65. The number of ether oxygens (including phenoxy) is 2. The predicted molar refractivity (Wildman–Crippen MR) is 108 cm³/mol. The van der Waals surface area contributed by atoms with Gasteiger partial charge in [-0.2, -0.15) is 0 Å². The van der Waals surface area contributed by atoms with Gasteiger partial charge in [0.2, 0.25) is 0 Å². The number of esters is 2. The van der Waals surface area contributed by atoms with E-state index in [1.807, 2.05) is 18.2 Å². The Morgan fingerprint density at radius 2 is 1.11 bits per heavy atom. The molecular formula is C24H22O4. The van der Waals surface area contributed by atoms with Crippen LogP contribution >= 0.6 is 0 Å². The Kier molecular flexibility index (Phi) is 5.59. The lowest BCUT2D eigenvalue weighted by Crippen LogP contribution is -2.15. The van der Waals surface area contributed by atoms with Crippen LogP contribution in [-0.2, 0) is 5.41 Å². The highest BCUT2D eigenvalue weighted by Crippen LogP contribution is 2.34. The van der Waals surface area contributed by atoms with Crippen molar-refractivity contribution in [2.24, 2.45) is 0 Å². The van der Waals surface area contributed by atoms with E-state index in [0.29, 0.717) is 11.1 Å². The van der Waals surface area contributed by atoms with Gasteiger partial charge in [0, 0.05) is 0 Å². The molecule has 3 aromatic rings. The maximum Gasteiger partial charge on any atom is 0.343 e. The minimum atomic E-state index is -0.513. The third-order valence-corrected chi connectivity index (χ3v) is 4.23. The van der Waals surface area contributed by atoms with E-state index in [2.05, 4.69) is 20.8 Å². The largest absolute Gasteiger partial charge is 0.419 e. The molecule has 0 amide bonds. The van der Waals surface area contributed by atoms with E-state index in [4.69, 9.17) is 9.47 Å². The number of hydrogen-bond donors (Lipinski definition) is 0. The Morgan fingerprint density at radius 3 is 1.57 bits per heavy atom. The summed E-state index contributed by atoms with van der Waals surface area (Å²) in [6.45, 7) is 6.17. The lowest BCUT2D eigenvalue weighted by molar-refractivity contribution is 0.0682. The molecule has 0 aliphatic carbocycles. The number of carbonyl (C=O) groups excluding carboxylic acids is 2. The highest BCUT2D eigenvalue weighted by Gasteiger charge is 2.21. The topological polar surface area (TPSA) is 52.6 Å². The Bertz CT molecular complexity index is 970. The van der Waals surface area contributed by atoms with Crippen LogP contribution < -0.4 is 9.47 Å². The zero-order valence-electron chi connectivity index (χ0n) is 16.1. The normalized spacial score (nSPS) is 11.0. The van der Waals surface area contributed by atoms with Gasteiger partial charge in [-0.05, 0) is 47.4 Å². The second-order valence-corrected chi connectivity index (χ2v) is 7.42. The molecule has 0 N–H and O–H groups in total. The maximum atomic E-state index is 12.5. The van der Waals surface area contributed by atoms with E-state index < -0.39 is 11.9 Å². The number of rotatable bonds is 4. The zero-order chi connectivity index (χ0) is 20.1. The highest BCUT2D eigenvalue weighted by atomic mass is 16.6. The molecule has 0 saturated heterocycles. The minimum Gasteiger partial charge on any atom is -0.419 e. The van der Waals surface area contributed by atoms with Gasteiger partial charge in [0.25, 0.3) is 0 Å². The fourth-order valence-electron chi connectivity index (χ4n) is 2.60. The van der Waals surface area contributed by atoms with Crippen LogP contribution in [0.5, 0.6) is 11.5 Å². The highest BCUT2D eigenvalue weighted by molar-refractivity contribution is 5.93. The summed E-state index contributed by atoms with van der Waals surface area (Å²) >= 11 is 0. The van der Waals surface area contributed by atoms with Crippen molar-refractivity contribution in [2.75, 3.05) is 0 Å². The summed E-state index contributed by atoms with van der Waals surface area (Å²) < 4.78 is 11.1. The van der Waals surface area contributed by atoms with Crippen molar-refractivity contribution < 1.29 is 19.1 Å². The molecule has 0 aromatic heterocycles. The summed E-state index contributed by atoms with van der Waals surface area (Å²) in [5.74, 6) is -0.610. The van der Waals surface area contributed by atoms with Crippen LogP contribution in [0.3, 0.4) is 0 Å². The summed E-state index contributed by atoms with van der Waals surface area (Å²) in [5, 5.41) is 0. The van der Waals surface area contributed by atoms with Gasteiger partial charge in [-0.25, -0.2) is 9.59 Å². The number of benzene rings is 3. The zero-order valence-corrected chi connectivity index (χ0v) is 16.1. The van der Waals surface area contributed by atoms with Gasteiger partial charge >= 0.3 is 11.9 Å². The van der Waals surface area contributed by atoms with Gasteiger partial charge in [0.05, 0.1) is 11.1 Å². The molecule has 28 heavy (non-hydrogen) atoms. The Labute approximate surface area is 164 Å². The lowest BCUT2D eigenvalue weighted by Gasteiger charge is -2.21. The van der Waals surface area contributed by atoms with E-state index in [9.17, 15) is 9.59 Å². The van der Waals surface area contributed by atoms with E-state index in [1.165, 1.54) is 0 Å². The molecule has 4 heteroatoms. The number of carbonyl (C=O) groups is 2. The molecule has 0 saturated carbocycles. The van der Waals surface area contributed by atoms with E-state index >= 15 is 0 Å². The molecule has 0 spiro atoms. The van der Waals surface area contributed by atoms with Crippen LogP contribution in [0, 0.1) is 0 Å². The molecule has 0 fully saturated rings. The van der Waals surface area contributed by atoms with Gasteiger partial charge in [-0.15, -0.1) is 0 Å². The molecule has 3 rings (SSSR count). The van der Waals surface area contributed by atoms with Gasteiger partial charge < -0.3 is 9.47 Å². The SMILES string of the molecule is CC(C)(C)c1ccc(OC(=O)c2ccccc2)c(OC(=O)c2ccccc2)c1. The first kappa shape index (κ1) is 19.4. The summed E-state index contributed by atoms with van der Waals surface area (Å²) in [5.41, 5.74) is 1.64. The summed E-state index contributed by atoms with van der Waals surface area (Å²) in [4.78, 5) is 25.0. The average Bonchev–Trinajstić information content (AvgIpc) is 2.69. The Hall–Kier alpha value is -3.40. The monoisotopic (exact) mass is 374 g/mol. The minimum absolute atomic E-state index is 0.157. The lowest BCUT2D eigenvalue weighted by atomic mass is 9.87. The van der Waals surface area contributed by atoms with Crippen LogP contribution in [-0.4, -0.2) is 11.9 Å². The third-order valence-electron chi connectivity index (χ3n) is 4.23. The van der Waals surface area contributed by atoms with E-state index in [1.54, 1.807) is 60.7 Å². The smallest absolute Gasteiger partial charge is 0.343 e. The molecule has 0 heterocycles. The molecular weight excluding hydrogens is 352 g/mol. The Morgan fingerprint density at radius 1 is 0.643 bits per heavy atom. The Balaban J connectivity index is 1.92. The van der Waals surface area contributed by atoms with E-state index in [0.717, 1.165) is 5.56 Å². The molecule has 0 aliphatic rings. The molecule has 0 aliphatic heterocycles. The maximum absolute atomic E-state index is 12.5. The van der Waals surface area contributed by atoms with Crippen LogP contribution in [0.4, 0.5) is 0 Å². The van der Waals surface area contributed by atoms with E-state index in [-0.39, 0.29) is 16.9 Å². The molecule has 0 bridgehead atoms. The van der Waals surface area contributed by atoms with Crippen LogP contribution in [0.15, 0.2) is 78.9 Å². The second-order valence-electron chi connectivity index (χ2n) is 7.42. The van der Waals surface area contributed by atoms with Crippen molar-refractivity contribution in [3.05, 3.63) is 95.6 Å². The quantitative estimate of drug-likeness (QED) is 0.452. The fraction of sp³-hybridized carbons (Fsp3) is 0.167. The van der Waals surface area contributed by atoms with Crippen molar-refractivity contribution in [1.82, 2.24) is 0 Å². The van der Waals surface area contributed by atoms with Crippen LogP contribution in [0.25, 0.3) is 0 Å². The van der Waals surface area contributed by atoms with Crippen molar-refractivity contribution in [3.8, 4) is 11.5 Å². The van der Waals surface area contributed by atoms with Gasteiger partial charge in [-0.3, -0.25) is 0 Å². The van der Waals surface area contributed by atoms with Crippen molar-refractivity contribution in [1.29, 1.82) is 0 Å². The van der Waals surface area contributed by atoms with Gasteiger partial charge in [-0.1, -0.05) is 63.2 Å². The predicted octanol–water partition coefficient (Wildman–Crippen LogP) is 5.42. The summed E-state index contributed by atoms with van der Waals surface area (Å²) in [6.07, 6.45) is 0. The molecule has 0 atom stereocenters. The van der Waals surface area contributed by atoms with Crippen molar-refractivity contribution in [3.63, 3.8) is 0 Å². The van der Waals surface area contributed by atoms with Gasteiger partial charge in [0.15, 0.2) is 11.5 Å². The van der Waals surface area contributed by atoms with Crippen molar-refractivity contribution >= 4 is 11.9 Å². The average molecular weight is 374 g/mol. The molecule has 3 aromatic carbocycles. The summed E-state index contributed by atoms with van der Waals surface area (Å²) in [6, 6.07) is 22.6. The molecule has 0 unspecified atom stereocenters. The first-order valence-corrected chi connectivity index (χ1v) is 9.03. The standard InChI is InChI=1S/C24H22O4/c1-24(2,3)19-14-15-20(27-22(25)17-10-6-4-7-11-17)21(16-19)28-23(26)18-12-8-5-9-13-18/h4-16H,1-3H3. The molecule has 142 valence electrons. The second kappa shape index (κ2) is 8.09. The first-order valence-electron chi connectivity index (χ1n) is 9.03. The van der Waals surface area contributed by atoms with Crippen molar-refractivity contribution in [2.45, 2.75) is 26.2 Å².